The molecule has 1 amide bonds. The van der Waals surface area contributed by atoms with Gasteiger partial charge in [-0.05, 0) is 17.7 Å². The topological polar surface area (TPSA) is 41.6 Å². The van der Waals surface area contributed by atoms with Gasteiger partial charge >= 0.3 is 6.18 Å². The van der Waals surface area contributed by atoms with Crippen LogP contribution in [-0.2, 0) is 4.79 Å². The number of hydrogen-bond acceptors (Lipinski definition) is 3. The van der Waals surface area contributed by atoms with Crippen LogP contribution >= 0.6 is 0 Å². The molecule has 1 atom stereocenters. The molecule has 1 aromatic rings. The summed E-state index contributed by atoms with van der Waals surface area (Å²) in [5.74, 6) is -0.0607. The molecule has 1 aromatic carbocycles. The summed E-state index contributed by atoms with van der Waals surface area (Å²) in [5.41, 5.74) is 2.27. The van der Waals surface area contributed by atoms with Gasteiger partial charge in [-0.3, -0.25) is 10.2 Å². The quantitative estimate of drug-likeness (QED) is 0.917. The molecule has 1 aliphatic rings. The van der Waals surface area contributed by atoms with Crippen molar-refractivity contribution in [2.45, 2.75) is 18.6 Å². The van der Waals surface area contributed by atoms with Crippen LogP contribution in [-0.4, -0.2) is 30.7 Å². The van der Waals surface area contributed by atoms with Gasteiger partial charge in [0.1, 0.15) is 11.8 Å². The van der Waals surface area contributed by atoms with Crippen molar-refractivity contribution in [2.24, 2.45) is 0 Å². The Bertz CT molecular complexity index is 476. The van der Waals surface area contributed by atoms with E-state index in [1.54, 1.807) is 6.07 Å². The Morgan fingerprint density at radius 2 is 2.16 bits per heavy atom. The summed E-state index contributed by atoms with van der Waals surface area (Å²) in [5, 5.41) is 0.914. The van der Waals surface area contributed by atoms with E-state index in [1.165, 1.54) is 25.3 Å². The highest BCUT2D eigenvalue weighted by atomic mass is 19.4. The fourth-order valence-corrected chi connectivity index (χ4v) is 2.04. The Labute approximate surface area is 108 Å². The van der Waals surface area contributed by atoms with Gasteiger partial charge in [0.05, 0.1) is 7.11 Å². The average molecular weight is 274 g/mol. The van der Waals surface area contributed by atoms with Crippen molar-refractivity contribution in [1.82, 2.24) is 10.4 Å². The molecule has 1 saturated heterocycles. The van der Waals surface area contributed by atoms with E-state index < -0.39 is 18.1 Å². The first kappa shape index (κ1) is 13.7. The number of benzene rings is 1. The molecule has 7 heteroatoms. The van der Waals surface area contributed by atoms with Crippen molar-refractivity contribution in [2.75, 3.05) is 13.7 Å². The fraction of sp³-hybridized carbons (Fsp3) is 0.417. The maximum absolute atomic E-state index is 13.2. The van der Waals surface area contributed by atoms with Crippen molar-refractivity contribution in [3.8, 4) is 5.75 Å². The third-order valence-corrected chi connectivity index (χ3v) is 2.88. The number of amides is 1. The molecule has 1 heterocycles. The summed E-state index contributed by atoms with van der Waals surface area (Å²) in [7, 11) is 1.39. The third kappa shape index (κ3) is 2.98. The molecule has 104 valence electrons. The van der Waals surface area contributed by atoms with Crippen molar-refractivity contribution in [3.63, 3.8) is 0 Å². The van der Waals surface area contributed by atoms with Crippen LogP contribution in [0.3, 0.4) is 0 Å². The molecule has 1 fully saturated rings. The molecular weight excluding hydrogens is 261 g/mol. The lowest BCUT2D eigenvalue weighted by Gasteiger charge is -2.29. The molecule has 0 bridgehead atoms. The molecular formula is C12H13F3N2O2. The number of carbonyl (C=O) groups is 1. The number of halogens is 3. The minimum absolute atomic E-state index is 0.0280. The lowest BCUT2D eigenvalue weighted by Crippen LogP contribution is -2.43. The lowest BCUT2D eigenvalue weighted by molar-refractivity contribution is -0.191. The zero-order valence-corrected chi connectivity index (χ0v) is 10.2. The fourth-order valence-electron chi connectivity index (χ4n) is 2.04. The van der Waals surface area contributed by atoms with Gasteiger partial charge in [0.25, 0.3) is 0 Å². The minimum atomic E-state index is -4.48. The number of rotatable bonds is 3. The van der Waals surface area contributed by atoms with Gasteiger partial charge in [0.15, 0.2) is 0 Å². The number of ether oxygens (including phenoxy) is 1. The first-order valence-corrected chi connectivity index (χ1v) is 5.68. The van der Waals surface area contributed by atoms with Gasteiger partial charge in [-0.2, -0.15) is 13.2 Å². The van der Waals surface area contributed by atoms with Crippen LogP contribution in [0, 0.1) is 0 Å². The predicted molar refractivity (Wildman–Crippen MR) is 61.3 cm³/mol. The third-order valence-electron chi connectivity index (χ3n) is 2.88. The van der Waals surface area contributed by atoms with Crippen LogP contribution in [0.15, 0.2) is 24.3 Å². The van der Waals surface area contributed by atoms with E-state index in [2.05, 4.69) is 5.43 Å². The number of hydrazine groups is 1. The van der Waals surface area contributed by atoms with E-state index >= 15 is 0 Å². The number of nitrogens with one attached hydrogen (secondary N) is 1. The standard InChI is InChI=1S/C12H13F3N2O2/c1-19-9-4-2-3-8(7-9)11(12(13,14)15)17-6-5-10(18)16-17/h2-4,7,11H,5-6H2,1H3,(H,16,18)/t11-/m0/s1. The smallest absolute Gasteiger partial charge is 0.409 e. The first-order valence-electron chi connectivity index (χ1n) is 5.68. The van der Waals surface area contributed by atoms with Crippen LogP contribution in [0.4, 0.5) is 13.2 Å². The maximum atomic E-state index is 13.2. The van der Waals surface area contributed by atoms with E-state index in [-0.39, 0.29) is 18.5 Å². The first-order chi connectivity index (χ1) is 8.91. The van der Waals surface area contributed by atoms with E-state index in [0.717, 1.165) is 5.01 Å². The highest BCUT2D eigenvalue weighted by molar-refractivity contribution is 5.77. The van der Waals surface area contributed by atoms with Crippen LogP contribution in [0.25, 0.3) is 0 Å². The number of hydrogen-bond donors (Lipinski definition) is 1. The van der Waals surface area contributed by atoms with Crippen molar-refractivity contribution in [3.05, 3.63) is 29.8 Å². The maximum Gasteiger partial charge on any atom is 0.409 e. The SMILES string of the molecule is COc1cccc([C@H](N2CCC(=O)N2)C(F)(F)F)c1. The molecule has 19 heavy (non-hydrogen) atoms. The molecule has 1 N–H and O–H groups in total. The lowest BCUT2D eigenvalue weighted by atomic mass is 10.1. The van der Waals surface area contributed by atoms with Crippen LogP contribution in [0.2, 0.25) is 0 Å². The zero-order valence-electron chi connectivity index (χ0n) is 10.2. The molecule has 4 nitrogen and oxygen atoms in total. The Kier molecular flexibility index (Phi) is 3.66. The summed E-state index contributed by atoms with van der Waals surface area (Å²) in [6.07, 6.45) is -4.42. The highest BCUT2D eigenvalue weighted by Gasteiger charge is 2.46. The van der Waals surface area contributed by atoms with Gasteiger partial charge in [0, 0.05) is 13.0 Å². The summed E-state index contributed by atoms with van der Waals surface area (Å²) in [6, 6.07) is 3.88. The summed E-state index contributed by atoms with van der Waals surface area (Å²) >= 11 is 0. The minimum Gasteiger partial charge on any atom is -0.497 e. The normalized spacial score (nSPS) is 18.2. The van der Waals surface area contributed by atoms with Crippen molar-refractivity contribution in [1.29, 1.82) is 0 Å². The van der Waals surface area contributed by atoms with Crippen LogP contribution in [0.5, 0.6) is 5.75 Å². The second kappa shape index (κ2) is 5.08. The number of methoxy groups -OCH3 is 1. The highest BCUT2D eigenvalue weighted by Crippen LogP contribution is 2.38. The number of alkyl halides is 3. The van der Waals surface area contributed by atoms with Crippen molar-refractivity contribution >= 4 is 5.91 Å². The molecule has 0 radical (unpaired) electrons. The van der Waals surface area contributed by atoms with Crippen molar-refractivity contribution < 1.29 is 22.7 Å². The van der Waals surface area contributed by atoms with E-state index in [1.807, 2.05) is 0 Å². The van der Waals surface area contributed by atoms with Crippen LogP contribution < -0.4 is 10.2 Å². The molecule has 0 saturated carbocycles. The Hall–Kier alpha value is -1.76. The number of nitrogens with zero attached hydrogens (tertiary/aromatic N) is 1. The summed E-state index contributed by atoms with van der Waals surface area (Å²) in [4.78, 5) is 11.1. The summed E-state index contributed by atoms with van der Waals surface area (Å²) < 4.78 is 44.5. The molecule has 0 aliphatic carbocycles. The average Bonchev–Trinajstić information content (AvgIpc) is 2.74. The molecule has 0 unspecified atom stereocenters. The molecule has 0 aromatic heterocycles. The van der Waals surface area contributed by atoms with E-state index in [4.69, 9.17) is 4.74 Å². The second-order valence-corrected chi connectivity index (χ2v) is 4.20. The predicted octanol–water partition coefficient (Wildman–Crippen LogP) is 2.04. The monoisotopic (exact) mass is 274 g/mol. The van der Waals surface area contributed by atoms with Crippen LogP contribution in [0.1, 0.15) is 18.0 Å². The Morgan fingerprint density at radius 3 is 2.68 bits per heavy atom. The molecule has 1 aliphatic heterocycles. The number of carbonyl (C=O) groups excluding carboxylic acids is 1. The van der Waals surface area contributed by atoms with Gasteiger partial charge in [-0.1, -0.05) is 12.1 Å². The van der Waals surface area contributed by atoms with Gasteiger partial charge in [-0.15, -0.1) is 0 Å². The molecule has 0 spiro atoms. The largest absolute Gasteiger partial charge is 0.497 e. The van der Waals surface area contributed by atoms with Gasteiger partial charge in [-0.25, -0.2) is 5.01 Å². The Morgan fingerprint density at radius 1 is 1.42 bits per heavy atom. The van der Waals surface area contributed by atoms with E-state index in [0.29, 0.717) is 5.75 Å². The Balaban J connectivity index is 2.34. The van der Waals surface area contributed by atoms with Gasteiger partial charge in [0.2, 0.25) is 5.91 Å². The molecule has 2 rings (SSSR count). The van der Waals surface area contributed by atoms with Gasteiger partial charge < -0.3 is 4.74 Å². The zero-order chi connectivity index (χ0) is 14.0. The second-order valence-electron chi connectivity index (χ2n) is 4.20. The van der Waals surface area contributed by atoms with E-state index in [9.17, 15) is 18.0 Å². The summed E-state index contributed by atoms with van der Waals surface area (Å²) in [6.45, 7) is 0.0280.